The molecule has 0 amide bonds. The van der Waals surface area contributed by atoms with E-state index < -0.39 is 29.3 Å². The van der Waals surface area contributed by atoms with Gasteiger partial charge in [0.1, 0.15) is 17.4 Å². The number of hydrogen-bond donors (Lipinski definition) is 2. The predicted octanol–water partition coefficient (Wildman–Crippen LogP) is 2.77. The van der Waals surface area contributed by atoms with Crippen LogP contribution in [0, 0.1) is 5.82 Å². The largest absolute Gasteiger partial charge is 0.480 e. The molecule has 3 aliphatic rings. The number of amidine groups is 1. The summed E-state index contributed by atoms with van der Waals surface area (Å²) in [4.78, 5) is 36.3. The van der Waals surface area contributed by atoms with Crippen molar-refractivity contribution in [1.82, 2.24) is 15.2 Å². The molecule has 9 nitrogen and oxygen atoms in total. The van der Waals surface area contributed by atoms with E-state index in [1.165, 1.54) is 30.6 Å². The number of nitrogens with one attached hydrogen (secondary N) is 1. The molecular weight excluding hydrogens is 499 g/mol. The van der Waals surface area contributed by atoms with E-state index in [1.807, 2.05) is 4.90 Å². The maximum Gasteiger partial charge on any atom is 0.338 e. The molecule has 2 saturated heterocycles. The maximum absolute atomic E-state index is 13.8. The van der Waals surface area contributed by atoms with E-state index in [1.54, 1.807) is 11.6 Å². The van der Waals surface area contributed by atoms with Crippen molar-refractivity contribution in [2.24, 2.45) is 4.99 Å². The van der Waals surface area contributed by atoms with Crippen LogP contribution in [0.15, 0.2) is 46.0 Å². The molecule has 1 aromatic carbocycles. The molecular formula is C23H22ClFN4O5S. The van der Waals surface area contributed by atoms with E-state index in [2.05, 4.69) is 10.3 Å². The lowest BCUT2D eigenvalue weighted by Crippen LogP contribution is -2.61. The molecule has 2 fully saturated rings. The number of fused-ring (bicyclic) bond motifs is 2. The van der Waals surface area contributed by atoms with Gasteiger partial charge in [0, 0.05) is 40.4 Å². The molecule has 2 N–H and O–H groups in total. The second-order valence-electron chi connectivity index (χ2n) is 8.56. The van der Waals surface area contributed by atoms with Gasteiger partial charge in [0.15, 0.2) is 10.8 Å². The molecule has 5 rings (SSSR count). The quantitative estimate of drug-likeness (QED) is 0.559. The Kier molecular flexibility index (Phi) is 6.34. The summed E-state index contributed by atoms with van der Waals surface area (Å²) in [5.41, 5.74) is -0.174. The summed E-state index contributed by atoms with van der Waals surface area (Å²) in [5, 5.41) is 15.8. The Morgan fingerprint density at radius 3 is 2.97 bits per heavy atom. The van der Waals surface area contributed by atoms with Gasteiger partial charge >= 0.3 is 11.9 Å². The average Bonchev–Trinajstić information content (AvgIpc) is 3.43. The van der Waals surface area contributed by atoms with Crippen molar-refractivity contribution in [3.05, 3.63) is 62.5 Å². The molecule has 0 radical (unpaired) electrons. The van der Waals surface area contributed by atoms with Gasteiger partial charge in [-0.3, -0.25) is 14.7 Å². The van der Waals surface area contributed by atoms with E-state index in [0.717, 1.165) is 6.07 Å². The van der Waals surface area contributed by atoms with Gasteiger partial charge in [-0.2, -0.15) is 0 Å². The lowest BCUT2D eigenvalue weighted by Gasteiger charge is -2.42. The first-order valence-corrected chi connectivity index (χ1v) is 12.2. The summed E-state index contributed by atoms with van der Waals surface area (Å²) in [6, 6.07) is 2.85. The smallest absolute Gasteiger partial charge is 0.338 e. The number of carbonyl (C=O) groups is 2. The van der Waals surface area contributed by atoms with Crippen LogP contribution < -0.4 is 5.32 Å². The first-order valence-electron chi connectivity index (χ1n) is 10.9. The second kappa shape index (κ2) is 9.30. The molecule has 184 valence electrons. The lowest BCUT2D eigenvalue weighted by atomic mass is 9.93. The minimum Gasteiger partial charge on any atom is -0.480 e. The SMILES string of the molecule is COC(=O)C1=C(CN2[C@H]3CC[C@]2(C(=O)O)COC3)NC(c2nccs2)=N[C@H]1c1ccc(F)cc1Cl. The number of ether oxygens (including phenoxy) is 2. The molecule has 35 heavy (non-hydrogen) atoms. The lowest BCUT2D eigenvalue weighted by molar-refractivity contribution is -0.161. The van der Waals surface area contributed by atoms with Crippen LogP contribution in [0.1, 0.15) is 29.5 Å². The molecule has 1 aromatic heterocycles. The highest BCUT2D eigenvalue weighted by molar-refractivity contribution is 7.11. The van der Waals surface area contributed by atoms with E-state index in [0.29, 0.717) is 41.6 Å². The van der Waals surface area contributed by atoms with Crippen molar-refractivity contribution in [2.45, 2.75) is 30.5 Å². The average molecular weight is 521 g/mol. The summed E-state index contributed by atoms with van der Waals surface area (Å²) in [6.07, 6.45) is 2.73. The van der Waals surface area contributed by atoms with Crippen molar-refractivity contribution in [1.29, 1.82) is 0 Å². The van der Waals surface area contributed by atoms with Gasteiger partial charge in [-0.1, -0.05) is 17.7 Å². The van der Waals surface area contributed by atoms with E-state index >= 15 is 0 Å². The third-order valence-electron chi connectivity index (χ3n) is 6.68. The third-order valence-corrected chi connectivity index (χ3v) is 7.79. The van der Waals surface area contributed by atoms with Crippen LogP contribution in [0.3, 0.4) is 0 Å². The Labute approximate surface area is 209 Å². The zero-order valence-electron chi connectivity index (χ0n) is 18.7. The molecule has 0 aliphatic carbocycles. The summed E-state index contributed by atoms with van der Waals surface area (Å²) in [7, 11) is 1.26. The molecule has 0 spiro atoms. The number of morpholine rings is 1. The fraction of sp³-hybridized carbons (Fsp3) is 0.391. The Morgan fingerprint density at radius 1 is 1.46 bits per heavy atom. The zero-order chi connectivity index (χ0) is 24.7. The Morgan fingerprint density at radius 2 is 2.29 bits per heavy atom. The van der Waals surface area contributed by atoms with Gasteiger partial charge in [-0.25, -0.2) is 14.2 Å². The summed E-state index contributed by atoms with van der Waals surface area (Å²) >= 11 is 7.74. The van der Waals surface area contributed by atoms with Crippen molar-refractivity contribution in [2.75, 3.05) is 26.9 Å². The highest BCUT2D eigenvalue weighted by atomic mass is 35.5. The normalized spacial score (nSPS) is 26.3. The van der Waals surface area contributed by atoms with Gasteiger partial charge in [-0.05, 0) is 25.0 Å². The topological polar surface area (TPSA) is 113 Å². The fourth-order valence-electron chi connectivity index (χ4n) is 4.96. The summed E-state index contributed by atoms with van der Waals surface area (Å²) in [5.74, 6) is -1.74. The molecule has 0 saturated carbocycles. The number of aliphatic imine (C=N–C) groups is 1. The minimum atomic E-state index is -1.20. The summed E-state index contributed by atoms with van der Waals surface area (Å²) in [6.45, 7) is 0.571. The van der Waals surface area contributed by atoms with E-state index in [-0.39, 0.29) is 29.8 Å². The highest BCUT2D eigenvalue weighted by Crippen LogP contribution is 2.41. The van der Waals surface area contributed by atoms with Gasteiger partial charge in [0.2, 0.25) is 0 Å². The Hall–Kier alpha value is -2.86. The number of halogens is 2. The number of carboxylic acids is 1. The van der Waals surface area contributed by atoms with Crippen LogP contribution in [0.4, 0.5) is 4.39 Å². The van der Waals surface area contributed by atoms with E-state index in [9.17, 15) is 19.1 Å². The number of carbonyl (C=O) groups excluding carboxylic acids is 1. The second-order valence-corrected chi connectivity index (χ2v) is 9.87. The molecule has 3 atom stereocenters. The number of aliphatic carboxylic acids is 1. The zero-order valence-corrected chi connectivity index (χ0v) is 20.2. The van der Waals surface area contributed by atoms with E-state index in [4.69, 9.17) is 26.1 Å². The van der Waals surface area contributed by atoms with Crippen LogP contribution in [-0.2, 0) is 19.1 Å². The molecule has 2 bridgehead atoms. The Balaban J connectivity index is 1.64. The Bertz CT molecular complexity index is 1230. The predicted molar refractivity (Wildman–Crippen MR) is 126 cm³/mol. The van der Waals surface area contributed by atoms with Crippen LogP contribution in [0.25, 0.3) is 0 Å². The first-order chi connectivity index (χ1) is 16.8. The van der Waals surface area contributed by atoms with Crippen LogP contribution in [0.2, 0.25) is 5.02 Å². The number of benzene rings is 1. The molecule has 2 aromatic rings. The maximum atomic E-state index is 13.8. The number of methoxy groups -OCH3 is 1. The highest BCUT2D eigenvalue weighted by Gasteiger charge is 2.55. The number of nitrogens with zero attached hydrogens (tertiary/aromatic N) is 3. The van der Waals surface area contributed by atoms with Crippen LogP contribution in [0.5, 0.6) is 0 Å². The number of rotatable bonds is 6. The fourth-order valence-corrected chi connectivity index (χ4v) is 5.82. The molecule has 3 aliphatic heterocycles. The van der Waals surface area contributed by atoms with Crippen LogP contribution in [-0.4, -0.2) is 71.2 Å². The van der Waals surface area contributed by atoms with Crippen LogP contribution >= 0.6 is 22.9 Å². The summed E-state index contributed by atoms with van der Waals surface area (Å²) < 4.78 is 24.5. The van der Waals surface area contributed by atoms with Gasteiger partial charge in [-0.15, -0.1) is 11.3 Å². The minimum absolute atomic E-state index is 0.0559. The third kappa shape index (κ3) is 4.12. The number of hydrogen-bond acceptors (Lipinski definition) is 9. The first kappa shape index (κ1) is 23.9. The molecule has 4 heterocycles. The number of thiazole rings is 1. The van der Waals surface area contributed by atoms with Gasteiger partial charge in [0.05, 0.1) is 25.9 Å². The monoisotopic (exact) mass is 520 g/mol. The van der Waals surface area contributed by atoms with Gasteiger partial charge in [0.25, 0.3) is 0 Å². The van der Waals surface area contributed by atoms with Gasteiger partial charge < -0.3 is 19.9 Å². The van der Waals surface area contributed by atoms with Crippen molar-refractivity contribution in [3.63, 3.8) is 0 Å². The molecule has 12 heteroatoms. The number of esters is 1. The van der Waals surface area contributed by atoms with Crippen molar-refractivity contribution in [3.8, 4) is 0 Å². The molecule has 0 unspecified atom stereocenters. The standard InChI is InChI=1S/C23H22ClFN4O5S/c1-33-21(30)17-16(9-29-13-4-5-23(29,22(31)32)11-34-10-13)27-19(20-26-6-7-35-20)28-18(17)14-3-2-12(25)8-15(14)24/h2-3,6-8,13,18H,4-5,9-11H2,1H3,(H,27,28)(H,31,32)/t13-,18-,23+/m0/s1. The van der Waals surface area contributed by atoms with Crippen molar-refractivity contribution >= 4 is 40.7 Å². The van der Waals surface area contributed by atoms with Crippen molar-refractivity contribution < 1.29 is 28.6 Å². The number of carboxylic acid groups (broad SMARTS) is 1. The number of aromatic nitrogens is 1.